The minimum absolute atomic E-state index is 0.199. The summed E-state index contributed by atoms with van der Waals surface area (Å²) in [5.74, 6) is -0.914. The van der Waals surface area contributed by atoms with Crippen molar-refractivity contribution in [2.75, 3.05) is 0 Å². The number of fused-ring (bicyclic) bond motifs is 1. The second-order valence-corrected chi connectivity index (χ2v) is 8.92. The summed E-state index contributed by atoms with van der Waals surface area (Å²) in [7, 11) is 0. The van der Waals surface area contributed by atoms with E-state index in [2.05, 4.69) is 59.8 Å². The second kappa shape index (κ2) is 7.26. The molecule has 0 atom stereocenters. The van der Waals surface area contributed by atoms with Gasteiger partial charge in [0.15, 0.2) is 0 Å². The Morgan fingerprint density at radius 1 is 1.04 bits per heavy atom. The maximum absolute atomic E-state index is 10.7. The Balaban J connectivity index is 2.44. The molecule has 2 nitrogen and oxygen atoms in total. The number of aryl methyl sites for hydroxylation is 1. The van der Waals surface area contributed by atoms with Crippen LogP contribution in [0.15, 0.2) is 42.0 Å². The molecule has 2 rings (SSSR count). The van der Waals surface area contributed by atoms with Crippen molar-refractivity contribution in [3.8, 4) is 0 Å². The van der Waals surface area contributed by atoms with Gasteiger partial charge in [-0.15, -0.1) is 0 Å². The molecule has 0 spiro atoms. The average Bonchev–Trinajstić information content (AvgIpc) is 2.50. The lowest BCUT2D eigenvalue weighted by atomic mass is 9.62. The number of benzene rings is 1. The van der Waals surface area contributed by atoms with Crippen LogP contribution in [0.1, 0.15) is 76.6 Å². The summed E-state index contributed by atoms with van der Waals surface area (Å²) in [5.41, 5.74) is 7.88. The van der Waals surface area contributed by atoms with Crippen molar-refractivity contribution in [1.29, 1.82) is 0 Å². The zero-order chi connectivity index (χ0) is 19.7. The number of carboxylic acids is 1. The topological polar surface area (TPSA) is 37.3 Å². The predicted octanol–water partition coefficient (Wildman–Crippen LogP) is 6.33. The van der Waals surface area contributed by atoms with E-state index in [4.69, 9.17) is 5.11 Å². The number of hydrogen-bond acceptors (Lipinski definition) is 1. The third-order valence-electron chi connectivity index (χ3n) is 5.68. The molecule has 2 heteroatoms. The lowest BCUT2D eigenvalue weighted by molar-refractivity contribution is -0.131. The van der Waals surface area contributed by atoms with Gasteiger partial charge < -0.3 is 5.11 Å². The molecule has 0 fully saturated rings. The number of carbonyl (C=O) groups is 1. The van der Waals surface area contributed by atoms with Gasteiger partial charge in [-0.3, -0.25) is 0 Å². The van der Waals surface area contributed by atoms with E-state index in [-0.39, 0.29) is 10.8 Å². The van der Waals surface area contributed by atoms with E-state index in [1.54, 1.807) is 6.92 Å². The van der Waals surface area contributed by atoms with Crippen LogP contribution in [0.3, 0.4) is 0 Å². The molecule has 0 heterocycles. The van der Waals surface area contributed by atoms with Gasteiger partial charge in [-0.25, -0.2) is 4.79 Å². The summed E-state index contributed by atoms with van der Waals surface area (Å²) < 4.78 is 0. The van der Waals surface area contributed by atoms with E-state index in [1.165, 1.54) is 46.7 Å². The van der Waals surface area contributed by atoms with Gasteiger partial charge in [-0.2, -0.15) is 0 Å². The van der Waals surface area contributed by atoms with E-state index in [0.29, 0.717) is 0 Å². The van der Waals surface area contributed by atoms with Gasteiger partial charge in [0.2, 0.25) is 0 Å². The van der Waals surface area contributed by atoms with Crippen LogP contribution in [-0.2, 0) is 15.6 Å². The highest BCUT2D eigenvalue weighted by Crippen LogP contribution is 2.47. The molecule has 1 aliphatic rings. The van der Waals surface area contributed by atoms with Gasteiger partial charge in [-0.1, -0.05) is 58.1 Å². The third kappa shape index (κ3) is 4.35. The highest BCUT2D eigenvalue weighted by Gasteiger charge is 2.37. The Hall–Kier alpha value is -2.09. The summed E-state index contributed by atoms with van der Waals surface area (Å²) in [5, 5.41) is 8.79. The van der Waals surface area contributed by atoms with E-state index < -0.39 is 5.97 Å². The average molecular weight is 353 g/mol. The molecule has 0 saturated carbocycles. The molecule has 0 aliphatic heterocycles. The van der Waals surface area contributed by atoms with Gasteiger partial charge in [0.05, 0.1) is 0 Å². The molecule has 1 aliphatic carbocycles. The zero-order valence-electron chi connectivity index (χ0n) is 17.2. The summed E-state index contributed by atoms with van der Waals surface area (Å²) in [6.45, 7) is 15.5. The smallest absolute Gasteiger partial charge is 0.328 e. The SMILES string of the molecule is C/C(=C/C=C/C(C)=C/C(=O)O)c1cc2c(cc1C)C(C)(C)CCC2(C)C. The van der Waals surface area contributed by atoms with Crippen molar-refractivity contribution in [2.24, 2.45) is 0 Å². The lowest BCUT2D eigenvalue weighted by Crippen LogP contribution is -2.34. The molecule has 0 amide bonds. The minimum atomic E-state index is -0.914. The van der Waals surface area contributed by atoms with Gasteiger partial charge in [0, 0.05) is 6.08 Å². The summed E-state index contributed by atoms with van der Waals surface area (Å²) >= 11 is 0. The van der Waals surface area contributed by atoms with Crippen LogP contribution >= 0.6 is 0 Å². The summed E-state index contributed by atoms with van der Waals surface area (Å²) in [6.07, 6.45) is 9.47. The molecular formula is C24H32O2. The number of aliphatic carboxylic acids is 1. The van der Waals surface area contributed by atoms with Crippen LogP contribution < -0.4 is 0 Å². The molecule has 26 heavy (non-hydrogen) atoms. The largest absolute Gasteiger partial charge is 0.478 e. The summed E-state index contributed by atoms with van der Waals surface area (Å²) in [4.78, 5) is 10.7. The Bertz CT molecular complexity index is 802. The van der Waals surface area contributed by atoms with E-state index >= 15 is 0 Å². The van der Waals surface area contributed by atoms with Crippen LogP contribution in [0, 0.1) is 6.92 Å². The molecule has 0 unspecified atom stereocenters. The van der Waals surface area contributed by atoms with Gasteiger partial charge in [0.25, 0.3) is 0 Å². The zero-order valence-corrected chi connectivity index (χ0v) is 17.2. The van der Waals surface area contributed by atoms with E-state index in [1.807, 2.05) is 12.2 Å². The molecule has 1 aromatic rings. The van der Waals surface area contributed by atoms with Crippen LogP contribution in [0.2, 0.25) is 0 Å². The van der Waals surface area contributed by atoms with Crippen molar-refractivity contribution < 1.29 is 9.90 Å². The Labute approximate surface area is 158 Å². The first kappa shape index (κ1) is 20.2. The number of carboxylic acid groups (broad SMARTS) is 1. The Kier molecular flexibility index (Phi) is 5.65. The predicted molar refractivity (Wildman–Crippen MR) is 111 cm³/mol. The minimum Gasteiger partial charge on any atom is -0.478 e. The molecule has 0 bridgehead atoms. The molecule has 1 N–H and O–H groups in total. The van der Waals surface area contributed by atoms with E-state index in [9.17, 15) is 4.79 Å². The van der Waals surface area contributed by atoms with E-state index in [0.717, 1.165) is 5.57 Å². The third-order valence-corrected chi connectivity index (χ3v) is 5.68. The van der Waals surface area contributed by atoms with Gasteiger partial charge in [0.1, 0.15) is 0 Å². The van der Waals surface area contributed by atoms with Crippen LogP contribution in [0.25, 0.3) is 5.57 Å². The molecule has 0 aromatic heterocycles. The molecular weight excluding hydrogens is 320 g/mol. The van der Waals surface area contributed by atoms with Crippen molar-refractivity contribution in [1.82, 2.24) is 0 Å². The fraction of sp³-hybridized carbons (Fsp3) is 0.458. The molecule has 1 aromatic carbocycles. The Morgan fingerprint density at radius 2 is 1.58 bits per heavy atom. The maximum Gasteiger partial charge on any atom is 0.328 e. The first-order valence-corrected chi connectivity index (χ1v) is 9.36. The van der Waals surface area contributed by atoms with Crippen molar-refractivity contribution in [2.45, 2.75) is 72.1 Å². The van der Waals surface area contributed by atoms with Crippen molar-refractivity contribution in [3.05, 3.63) is 64.3 Å². The fourth-order valence-electron chi connectivity index (χ4n) is 3.82. The van der Waals surface area contributed by atoms with Gasteiger partial charge >= 0.3 is 5.97 Å². The van der Waals surface area contributed by atoms with Gasteiger partial charge in [-0.05, 0) is 77.8 Å². The standard InChI is InChI=1S/C24H32O2/c1-16(13-22(25)26)9-8-10-17(2)19-15-21-20(14-18(19)3)23(4,5)11-12-24(21,6)7/h8-10,13-15H,11-12H2,1-7H3,(H,25,26)/b9-8+,16-13+,17-10-. The first-order chi connectivity index (χ1) is 11.9. The normalized spacial score (nSPS) is 19.5. The second-order valence-electron chi connectivity index (χ2n) is 8.92. The first-order valence-electron chi connectivity index (χ1n) is 9.36. The highest BCUT2D eigenvalue weighted by atomic mass is 16.4. The number of rotatable bonds is 4. The number of allylic oxidation sites excluding steroid dienone is 5. The summed E-state index contributed by atoms with van der Waals surface area (Å²) in [6, 6.07) is 4.76. The number of hydrogen-bond donors (Lipinski definition) is 1. The molecule has 0 radical (unpaired) electrons. The van der Waals surface area contributed by atoms with Crippen LogP contribution in [0.4, 0.5) is 0 Å². The van der Waals surface area contributed by atoms with Crippen LogP contribution in [-0.4, -0.2) is 11.1 Å². The quantitative estimate of drug-likeness (QED) is 0.507. The lowest BCUT2D eigenvalue weighted by Gasteiger charge is -2.42. The maximum atomic E-state index is 10.7. The molecule has 0 saturated heterocycles. The molecule has 140 valence electrons. The van der Waals surface area contributed by atoms with Crippen LogP contribution in [0.5, 0.6) is 0 Å². The van der Waals surface area contributed by atoms with Crippen molar-refractivity contribution in [3.63, 3.8) is 0 Å². The highest BCUT2D eigenvalue weighted by molar-refractivity contribution is 5.81. The van der Waals surface area contributed by atoms with Crippen molar-refractivity contribution >= 4 is 11.5 Å². The Morgan fingerprint density at radius 3 is 2.12 bits per heavy atom. The monoisotopic (exact) mass is 352 g/mol. The fourth-order valence-corrected chi connectivity index (χ4v) is 3.82.